The SMILES string of the molecule is CCCc1c(OC)c(C)c2c(c1OCC[Si](C)(C)C)C(=O)OC2.CCOC(=O)C(=O)C(F)(F)F. The summed E-state index contributed by atoms with van der Waals surface area (Å²) in [5.41, 5.74) is 3.52. The highest BCUT2D eigenvalue weighted by Gasteiger charge is 2.44. The van der Waals surface area contributed by atoms with Crippen LogP contribution in [0.5, 0.6) is 11.5 Å². The zero-order valence-corrected chi connectivity index (χ0v) is 21.7. The Morgan fingerprint density at radius 1 is 1.12 bits per heavy atom. The largest absolute Gasteiger partial charge is 0.496 e. The van der Waals surface area contributed by atoms with Crippen molar-refractivity contribution in [1.82, 2.24) is 0 Å². The van der Waals surface area contributed by atoms with Gasteiger partial charge in [0.05, 0.1) is 20.3 Å². The molecule has 0 spiro atoms. The Labute approximate surface area is 198 Å². The van der Waals surface area contributed by atoms with Crippen molar-refractivity contribution in [3.63, 3.8) is 0 Å². The molecule has 1 aromatic rings. The molecule has 1 aromatic carbocycles. The third-order valence-corrected chi connectivity index (χ3v) is 6.65. The molecule has 7 nitrogen and oxygen atoms in total. The number of esters is 2. The fourth-order valence-corrected chi connectivity index (χ4v) is 3.95. The van der Waals surface area contributed by atoms with Gasteiger partial charge in [0.1, 0.15) is 23.7 Å². The highest BCUT2D eigenvalue weighted by Crippen LogP contribution is 2.43. The second-order valence-electron chi connectivity index (χ2n) is 8.85. The molecule has 0 radical (unpaired) electrons. The van der Waals surface area contributed by atoms with Crippen LogP contribution in [0.1, 0.15) is 47.3 Å². The predicted octanol–water partition coefficient (Wildman–Crippen LogP) is 5.02. The lowest BCUT2D eigenvalue weighted by atomic mass is 9.95. The maximum Gasteiger partial charge on any atom is 0.461 e. The standard InChI is InChI=1S/C18H28O4Si.C5H5F3O3/c1-7-8-13-16(20-3)12(2)14-11-22-18(19)15(14)17(13)21-9-10-23(4,5)6;1-2-11-4(10)3(9)5(6,7)8/h7-11H2,1-6H3;2H2,1H3. The summed E-state index contributed by atoms with van der Waals surface area (Å²) in [4.78, 5) is 32.3. The van der Waals surface area contributed by atoms with E-state index < -0.39 is 26.0 Å². The fraction of sp³-hybridized carbons (Fsp3) is 0.609. The van der Waals surface area contributed by atoms with Gasteiger partial charge in [-0.1, -0.05) is 33.0 Å². The summed E-state index contributed by atoms with van der Waals surface area (Å²) in [7, 11) is 0.483. The van der Waals surface area contributed by atoms with Crippen molar-refractivity contribution < 1.29 is 46.5 Å². The predicted molar refractivity (Wildman–Crippen MR) is 122 cm³/mol. The normalized spacial score (nSPS) is 12.8. The summed E-state index contributed by atoms with van der Waals surface area (Å²) in [5.74, 6) is -3.08. The van der Waals surface area contributed by atoms with E-state index in [1.807, 2.05) is 6.92 Å². The Hall–Kier alpha value is -2.56. The number of ether oxygens (including phenoxy) is 4. The Kier molecular flexibility index (Phi) is 10.6. The van der Waals surface area contributed by atoms with E-state index in [2.05, 4.69) is 31.3 Å². The second kappa shape index (κ2) is 12.2. The number of hydrogen-bond donors (Lipinski definition) is 0. The van der Waals surface area contributed by atoms with Crippen LogP contribution in [0, 0.1) is 6.92 Å². The number of Topliss-reactive ketones (excluding diaryl/α,β-unsaturated/α-hetero) is 1. The molecule has 0 saturated heterocycles. The van der Waals surface area contributed by atoms with Gasteiger partial charge in [0.15, 0.2) is 0 Å². The van der Waals surface area contributed by atoms with Gasteiger partial charge in [-0.2, -0.15) is 13.2 Å². The van der Waals surface area contributed by atoms with Crippen molar-refractivity contribution in [2.24, 2.45) is 0 Å². The molecule has 2 rings (SSSR count). The minimum atomic E-state index is -5.13. The smallest absolute Gasteiger partial charge is 0.461 e. The molecule has 192 valence electrons. The molecule has 0 aromatic heterocycles. The molecule has 0 atom stereocenters. The number of cyclic esters (lactones) is 1. The molecule has 0 unspecified atom stereocenters. The number of carbonyl (C=O) groups excluding carboxylic acids is 3. The van der Waals surface area contributed by atoms with E-state index in [4.69, 9.17) is 14.2 Å². The molecule has 0 bridgehead atoms. The molecule has 0 fully saturated rings. The monoisotopic (exact) mass is 506 g/mol. The van der Waals surface area contributed by atoms with Crippen LogP contribution < -0.4 is 9.47 Å². The maximum atomic E-state index is 12.2. The maximum absolute atomic E-state index is 12.2. The van der Waals surface area contributed by atoms with Crippen LogP contribution in [0.4, 0.5) is 13.2 Å². The Morgan fingerprint density at radius 3 is 2.21 bits per heavy atom. The average Bonchev–Trinajstić information content (AvgIpc) is 3.11. The highest BCUT2D eigenvalue weighted by atomic mass is 28.3. The summed E-state index contributed by atoms with van der Waals surface area (Å²) >= 11 is 0. The van der Waals surface area contributed by atoms with E-state index >= 15 is 0 Å². The molecule has 1 aliphatic heterocycles. The second-order valence-corrected chi connectivity index (χ2v) is 14.5. The van der Waals surface area contributed by atoms with Crippen LogP contribution in [-0.2, 0) is 32.1 Å². The topological polar surface area (TPSA) is 88.1 Å². The van der Waals surface area contributed by atoms with Gasteiger partial charge in [-0.05, 0) is 31.9 Å². The number of carbonyl (C=O) groups is 3. The zero-order valence-electron chi connectivity index (χ0n) is 20.7. The first-order chi connectivity index (χ1) is 15.7. The number of rotatable bonds is 9. The van der Waals surface area contributed by atoms with Gasteiger partial charge >= 0.3 is 23.9 Å². The van der Waals surface area contributed by atoms with Gasteiger partial charge in [-0.3, -0.25) is 4.79 Å². The molecule has 1 aliphatic rings. The fourth-order valence-electron chi connectivity index (χ4n) is 3.23. The molecule has 34 heavy (non-hydrogen) atoms. The lowest BCUT2D eigenvalue weighted by Crippen LogP contribution is -2.32. The zero-order chi connectivity index (χ0) is 26.3. The molecule has 1 heterocycles. The summed E-state index contributed by atoms with van der Waals surface area (Å²) in [6.07, 6.45) is -3.34. The number of methoxy groups -OCH3 is 1. The first-order valence-corrected chi connectivity index (χ1v) is 14.7. The van der Waals surface area contributed by atoms with Crippen molar-refractivity contribution in [3.05, 3.63) is 22.3 Å². The number of benzene rings is 1. The van der Waals surface area contributed by atoms with Crippen molar-refractivity contribution >= 4 is 25.8 Å². The summed E-state index contributed by atoms with van der Waals surface area (Å²) in [6.45, 7) is 13.1. The minimum absolute atomic E-state index is 0.249. The van der Waals surface area contributed by atoms with E-state index in [0.717, 1.165) is 41.3 Å². The van der Waals surface area contributed by atoms with Crippen LogP contribution in [0.2, 0.25) is 25.7 Å². The molecule has 11 heteroatoms. The number of alkyl halides is 3. The minimum Gasteiger partial charge on any atom is -0.496 e. The van der Waals surface area contributed by atoms with Gasteiger partial charge < -0.3 is 18.9 Å². The van der Waals surface area contributed by atoms with Gasteiger partial charge in [-0.25, -0.2) is 9.59 Å². The molecule has 0 amide bonds. The number of fused-ring (bicyclic) bond motifs is 1. The van der Waals surface area contributed by atoms with E-state index in [-0.39, 0.29) is 12.6 Å². The van der Waals surface area contributed by atoms with E-state index in [1.54, 1.807) is 7.11 Å². The summed E-state index contributed by atoms with van der Waals surface area (Å²) in [6, 6.07) is 1.05. The van der Waals surface area contributed by atoms with Gasteiger partial charge in [-0.15, -0.1) is 0 Å². The molecule has 0 N–H and O–H groups in total. The van der Waals surface area contributed by atoms with Gasteiger partial charge in [0, 0.05) is 19.2 Å². The molecule has 0 saturated carbocycles. The molecule has 0 aliphatic carbocycles. The lowest BCUT2D eigenvalue weighted by Gasteiger charge is -2.21. The van der Waals surface area contributed by atoms with Crippen LogP contribution >= 0.6 is 0 Å². The third-order valence-electron chi connectivity index (χ3n) is 4.94. The van der Waals surface area contributed by atoms with Crippen LogP contribution in [0.15, 0.2) is 0 Å². The third kappa shape index (κ3) is 7.75. The molecular weight excluding hydrogens is 473 g/mol. The Balaban J connectivity index is 0.000000445. The lowest BCUT2D eigenvalue weighted by molar-refractivity contribution is -0.183. The van der Waals surface area contributed by atoms with Gasteiger partial charge in [0.2, 0.25) is 0 Å². The van der Waals surface area contributed by atoms with E-state index in [1.165, 1.54) is 6.92 Å². The van der Waals surface area contributed by atoms with Crippen molar-refractivity contribution in [2.45, 2.75) is 72.1 Å². The number of halogens is 3. The first kappa shape index (κ1) is 29.5. The quantitative estimate of drug-likeness (QED) is 0.264. The number of ketones is 1. The van der Waals surface area contributed by atoms with Gasteiger partial charge in [0.25, 0.3) is 0 Å². The molecular formula is C23H33F3O7Si. The highest BCUT2D eigenvalue weighted by molar-refractivity contribution is 6.76. The first-order valence-electron chi connectivity index (χ1n) is 11.0. The van der Waals surface area contributed by atoms with E-state index in [9.17, 15) is 27.6 Å². The average molecular weight is 507 g/mol. The van der Waals surface area contributed by atoms with Crippen molar-refractivity contribution in [3.8, 4) is 11.5 Å². The van der Waals surface area contributed by atoms with Crippen LogP contribution in [-0.4, -0.2) is 52.3 Å². The Bertz CT molecular complexity index is 906. The van der Waals surface area contributed by atoms with Crippen molar-refractivity contribution in [1.29, 1.82) is 0 Å². The summed E-state index contributed by atoms with van der Waals surface area (Å²) in [5, 5.41) is 0. The van der Waals surface area contributed by atoms with Crippen molar-refractivity contribution in [2.75, 3.05) is 20.3 Å². The number of hydrogen-bond acceptors (Lipinski definition) is 7. The van der Waals surface area contributed by atoms with Crippen LogP contribution in [0.3, 0.4) is 0 Å². The summed E-state index contributed by atoms with van der Waals surface area (Å²) < 4.78 is 55.0. The Morgan fingerprint density at radius 2 is 1.74 bits per heavy atom. The van der Waals surface area contributed by atoms with Crippen LogP contribution in [0.25, 0.3) is 0 Å². The van der Waals surface area contributed by atoms with E-state index in [0.29, 0.717) is 24.5 Å².